The van der Waals surface area contributed by atoms with Crippen LogP contribution in [0.2, 0.25) is 0 Å². The molecule has 0 aliphatic carbocycles. The number of hydrogen-bond donors (Lipinski definition) is 0. The Kier molecular flexibility index (Phi) is 3.95. The average molecular weight is 282 g/mol. The van der Waals surface area contributed by atoms with Gasteiger partial charge in [0.1, 0.15) is 0 Å². The SMILES string of the molecule is COc1cccc(OC)c1-n1c[n+]2c(n1)CCC2.[Cl-]. The molecule has 0 N–H and O–H groups in total. The summed E-state index contributed by atoms with van der Waals surface area (Å²) in [6, 6.07) is 5.73. The Morgan fingerprint density at radius 2 is 1.89 bits per heavy atom. The standard InChI is InChI=1S/C13H16N3O2.ClH/c1-17-10-5-3-6-11(18-2)13(10)16-9-15-8-4-7-12(15)14-16;/h3,5-6,9H,4,7-8H2,1-2H3;1H/q+1;/p-1. The first kappa shape index (κ1) is 13.7. The van der Waals surface area contributed by atoms with E-state index in [1.807, 2.05) is 29.2 Å². The van der Waals surface area contributed by atoms with Crippen molar-refractivity contribution < 1.29 is 26.4 Å². The molecule has 102 valence electrons. The summed E-state index contributed by atoms with van der Waals surface area (Å²) in [5.74, 6) is 2.63. The van der Waals surface area contributed by atoms with Crippen LogP contribution in [0.25, 0.3) is 5.69 Å². The van der Waals surface area contributed by atoms with Crippen LogP contribution in [-0.2, 0) is 13.0 Å². The molecule has 5 nitrogen and oxygen atoms in total. The van der Waals surface area contributed by atoms with E-state index in [0.717, 1.165) is 36.0 Å². The lowest BCUT2D eigenvalue weighted by Gasteiger charge is -2.08. The predicted octanol–water partition coefficient (Wildman–Crippen LogP) is -1.87. The van der Waals surface area contributed by atoms with Crippen molar-refractivity contribution in [1.29, 1.82) is 0 Å². The molecule has 0 saturated heterocycles. The molecule has 1 aliphatic rings. The van der Waals surface area contributed by atoms with Crippen LogP contribution in [0.5, 0.6) is 11.5 Å². The fraction of sp³-hybridized carbons (Fsp3) is 0.385. The predicted molar refractivity (Wildman–Crippen MR) is 65.2 cm³/mol. The lowest BCUT2D eigenvalue weighted by atomic mass is 10.2. The molecular formula is C13H16ClN3O2. The van der Waals surface area contributed by atoms with Gasteiger partial charge in [-0.25, -0.2) is 4.57 Å². The van der Waals surface area contributed by atoms with Crippen molar-refractivity contribution in [2.75, 3.05) is 14.2 Å². The number of hydrogen-bond acceptors (Lipinski definition) is 3. The third kappa shape index (κ3) is 2.26. The van der Waals surface area contributed by atoms with Gasteiger partial charge in [0.05, 0.1) is 20.8 Å². The maximum Gasteiger partial charge on any atom is 0.278 e. The molecule has 19 heavy (non-hydrogen) atoms. The molecule has 1 aromatic heterocycles. The Morgan fingerprint density at radius 1 is 1.21 bits per heavy atom. The number of nitrogens with zero attached hydrogens (tertiary/aromatic N) is 3. The molecule has 6 heteroatoms. The zero-order chi connectivity index (χ0) is 12.5. The lowest BCUT2D eigenvalue weighted by molar-refractivity contribution is -0.691. The highest BCUT2D eigenvalue weighted by molar-refractivity contribution is 5.56. The monoisotopic (exact) mass is 281 g/mol. The van der Waals surface area contributed by atoms with E-state index in [2.05, 4.69) is 9.67 Å². The van der Waals surface area contributed by atoms with E-state index in [4.69, 9.17) is 9.47 Å². The van der Waals surface area contributed by atoms with Crippen LogP contribution in [0.1, 0.15) is 12.2 Å². The van der Waals surface area contributed by atoms with Crippen LogP contribution in [0, 0.1) is 0 Å². The number of ether oxygens (including phenoxy) is 2. The summed E-state index contributed by atoms with van der Waals surface area (Å²) in [5.41, 5.74) is 0.851. The first-order valence-electron chi connectivity index (χ1n) is 6.03. The van der Waals surface area contributed by atoms with Crippen LogP contribution >= 0.6 is 0 Å². The Morgan fingerprint density at radius 3 is 2.47 bits per heavy atom. The third-order valence-corrected chi connectivity index (χ3v) is 3.23. The summed E-state index contributed by atoms with van der Waals surface area (Å²) in [4.78, 5) is 0. The molecule has 2 heterocycles. The normalized spacial score (nSPS) is 12.7. The molecule has 1 aliphatic heterocycles. The maximum atomic E-state index is 5.39. The van der Waals surface area contributed by atoms with Gasteiger partial charge in [-0.1, -0.05) is 10.7 Å². The number of rotatable bonds is 3. The molecule has 0 fully saturated rings. The molecule has 0 spiro atoms. The topological polar surface area (TPSA) is 40.2 Å². The number of aryl methyl sites for hydroxylation is 2. The van der Waals surface area contributed by atoms with Gasteiger partial charge >= 0.3 is 0 Å². The quantitative estimate of drug-likeness (QED) is 0.619. The molecule has 0 bridgehead atoms. The molecule has 1 aromatic carbocycles. The van der Waals surface area contributed by atoms with Gasteiger partial charge in [0, 0.05) is 11.5 Å². The second-order valence-electron chi connectivity index (χ2n) is 4.28. The van der Waals surface area contributed by atoms with Gasteiger partial charge in [-0.15, -0.1) is 0 Å². The van der Waals surface area contributed by atoms with E-state index in [0.29, 0.717) is 0 Å². The van der Waals surface area contributed by atoms with Crippen molar-refractivity contribution in [3.63, 3.8) is 0 Å². The number of benzene rings is 1. The van der Waals surface area contributed by atoms with E-state index in [1.165, 1.54) is 6.42 Å². The first-order valence-corrected chi connectivity index (χ1v) is 6.03. The Hall–Kier alpha value is -1.75. The molecule has 0 radical (unpaired) electrons. The van der Waals surface area contributed by atoms with Crippen LogP contribution in [0.4, 0.5) is 0 Å². The summed E-state index contributed by atoms with van der Waals surface area (Å²) in [5, 5.41) is 4.60. The van der Waals surface area contributed by atoms with Crippen LogP contribution in [-0.4, -0.2) is 24.0 Å². The fourth-order valence-electron chi connectivity index (χ4n) is 2.36. The van der Waals surface area contributed by atoms with E-state index < -0.39 is 0 Å². The molecule has 2 aromatic rings. The maximum absolute atomic E-state index is 5.39. The van der Waals surface area contributed by atoms with Crippen LogP contribution < -0.4 is 26.4 Å². The zero-order valence-electron chi connectivity index (χ0n) is 11.0. The summed E-state index contributed by atoms with van der Waals surface area (Å²) < 4.78 is 14.8. The second-order valence-corrected chi connectivity index (χ2v) is 4.28. The van der Waals surface area contributed by atoms with Crippen molar-refractivity contribution in [1.82, 2.24) is 9.78 Å². The molecule has 0 atom stereocenters. The Labute approximate surface area is 118 Å². The van der Waals surface area contributed by atoms with Crippen molar-refractivity contribution in [3.05, 3.63) is 30.4 Å². The van der Waals surface area contributed by atoms with Gasteiger partial charge in [0.2, 0.25) is 12.0 Å². The Balaban J connectivity index is 0.00000133. The molecule has 0 amide bonds. The minimum Gasteiger partial charge on any atom is -1.00 e. The number of methoxy groups -OCH3 is 2. The lowest BCUT2D eigenvalue weighted by Crippen LogP contribution is -3.00. The van der Waals surface area contributed by atoms with Crippen molar-refractivity contribution in [2.45, 2.75) is 19.4 Å². The van der Waals surface area contributed by atoms with Crippen molar-refractivity contribution >= 4 is 0 Å². The highest BCUT2D eigenvalue weighted by atomic mass is 35.5. The summed E-state index contributed by atoms with van der Waals surface area (Å²) in [6.07, 6.45) is 4.21. The van der Waals surface area contributed by atoms with Gasteiger partial charge in [-0.3, -0.25) is 0 Å². The average Bonchev–Trinajstić information content (AvgIpc) is 2.98. The summed E-state index contributed by atoms with van der Waals surface area (Å²) >= 11 is 0. The first-order chi connectivity index (χ1) is 8.83. The van der Waals surface area contributed by atoms with E-state index in [1.54, 1.807) is 14.2 Å². The van der Waals surface area contributed by atoms with Crippen LogP contribution in [0.3, 0.4) is 0 Å². The Bertz CT molecular complexity index is 540. The zero-order valence-corrected chi connectivity index (χ0v) is 11.7. The van der Waals surface area contributed by atoms with Gasteiger partial charge in [0.25, 0.3) is 5.82 Å². The number of halogens is 1. The van der Waals surface area contributed by atoms with Crippen LogP contribution in [0.15, 0.2) is 24.5 Å². The van der Waals surface area contributed by atoms with Gasteiger partial charge < -0.3 is 21.9 Å². The van der Waals surface area contributed by atoms with Gasteiger partial charge in [-0.05, 0) is 18.6 Å². The van der Waals surface area contributed by atoms with E-state index in [9.17, 15) is 0 Å². The second kappa shape index (κ2) is 5.48. The number of fused-ring (bicyclic) bond motifs is 1. The third-order valence-electron chi connectivity index (χ3n) is 3.23. The molecular weight excluding hydrogens is 266 g/mol. The van der Waals surface area contributed by atoms with E-state index in [-0.39, 0.29) is 12.4 Å². The minimum absolute atomic E-state index is 0. The smallest absolute Gasteiger partial charge is 0.278 e. The molecule has 0 saturated carbocycles. The fourth-order valence-corrected chi connectivity index (χ4v) is 2.36. The summed E-state index contributed by atoms with van der Waals surface area (Å²) in [6.45, 7) is 1.03. The van der Waals surface area contributed by atoms with E-state index >= 15 is 0 Å². The minimum atomic E-state index is 0. The van der Waals surface area contributed by atoms with Gasteiger partial charge in [-0.2, -0.15) is 0 Å². The van der Waals surface area contributed by atoms with Crippen molar-refractivity contribution in [2.24, 2.45) is 0 Å². The highest BCUT2D eigenvalue weighted by Crippen LogP contribution is 2.31. The molecule has 3 rings (SSSR count). The number of aromatic nitrogens is 3. The largest absolute Gasteiger partial charge is 1.00 e. The highest BCUT2D eigenvalue weighted by Gasteiger charge is 2.26. The van der Waals surface area contributed by atoms with Crippen molar-refractivity contribution in [3.8, 4) is 17.2 Å². The van der Waals surface area contributed by atoms with Gasteiger partial charge in [0.15, 0.2) is 11.5 Å². The molecule has 0 unspecified atom stereocenters. The number of para-hydroxylation sites is 1. The summed E-state index contributed by atoms with van der Waals surface area (Å²) in [7, 11) is 3.31.